The Bertz CT molecular complexity index is 771. The van der Waals surface area contributed by atoms with Crippen molar-refractivity contribution in [2.45, 2.75) is 13.5 Å². The van der Waals surface area contributed by atoms with Crippen LogP contribution in [0.4, 0.5) is 0 Å². The van der Waals surface area contributed by atoms with Crippen molar-refractivity contribution in [2.75, 3.05) is 7.11 Å². The predicted molar refractivity (Wildman–Crippen MR) is 70.7 cm³/mol. The molecular weight excluding hydrogens is 248 g/mol. The van der Waals surface area contributed by atoms with E-state index >= 15 is 0 Å². The number of aromatic nitrogens is 2. The van der Waals surface area contributed by atoms with E-state index in [-0.39, 0.29) is 12.3 Å². The van der Waals surface area contributed by atoms with E-state index in [0.717, 1.165) is 4.57 Å². The molecule has 0 atom stereocenters. The average Bonchev–Trinajstić information content (AvgIpc) is 2.40. The van der Waals surface area contributed by atoms with Crippen LogP contribution in [0.2, 0.25) is 0 Å². The SMILES string of the molecule is COc1ccc2c(=O)n(CC(C)=O)c(=O)n(C)c2c1. The van der Waals surface area contributed by atoms with Crippen LogP contribution in [0, 0.1) is 0 Å². The minimum absolute atomic E-state index is 0.215. The van der Waals surface area contributed by atoms with E-state index in [4.69, 9.17) is 4.74 Å². The largest absolute Gasteiger partial charge is 0.497 e. The second-order valence-electron chi connectivity index (χ2n) is 4.32. The van der Waals surface area contributed by atoms with Crippen LogP contribution in [-0.4, -0.2) is 22.0 Å². The number of ketones is 1. The van der Waals surface area contributed by atoms with E-state index in [1.807, 2.05) is 0 Å². The van der Waals surface area contributed by atoms with Crippen LogP contribution in [0.5, 0.6) is 5.75 Å². The van der Waals surface area contributed by atoms with Gasteiger partial charge in [0.05, 0.1) is 24.6 Å². The number of benzene rings is 1. The standard InChI is InChI=1S/C13H14N2O4/c1-8(16)7-15-12(17)10-5-4-9(19-3)6-11(10)14(2)13(15)18/h4-6H,7H2,1-3H3. The van der Waals surface area contributed by atoms with Crippen molar-refractivity contribution in [3.63, 3.8) is 0 Å². The maximum absolute atomic E-state index is 12.2. The number of rotatable bonds is 3. The molecule has 0 aliphatic heterocycles. The minimum Gasteiger partial charge on any atom is -0.497 e. The van der Waals surface area contributed by atoms with Gasteiger partial charge in [-0.3, -0.25) is 18.7 Å². The number of ether oxygens (including phenoxy) is 1. The third-order valence-electron chi connectivity index (χ3n) is 2.94. The number of carbonyl (C=O) groups excluding carboxylic acids is 1. The van der Waals surface area contributed by atoms with E-state index in [0.29, 0.717) is 16.7 Å². The maximum atomic E-state index is 12.2. The molecule has 0 unspecified atom stereocenters. The number of hydrogen-bond acceptors (Lipinski definition) is 4. The van der Waals surface area contributed by atoms with Crippen LogP contribution in [0.1, 0.15) is 6.92 Å². The lowest BCUT2D eigenvalue weighted by atomic mass is 10.2. The van der Waals surface area contributed by atoms with Gasteiger partial charge < -0.3 is 4.74 Å². The summed E-state index contributed by atoms with van der Waals surface area (Å²) in [6, 6.07) is 4.86. The second kappa shape index (κ2) is 4.72. The van der Waals surface area contributed by atoms with Crippen LogP contribution in [0.15, 0.2) is 27.8 Å². The van der Waals surface area contributed by atoms with E-state index in [9.17, 15) is 14.4 Å². The van der Waals surface area contributed by atoms with Crippen molar-refractivity contribution >= 4 is 16.7 Å². The molecule has 0 aliphatic carbocycles. The molecule has 6 nitrogen and oxygen atoms in total. The highest BCUT2D eigenvalue weighted by atomic mass is 16.5. The van der Waals surface area contributed by atoms with Gasteiger partial charge in [0.2, 0.25) is 0 Å². The van der Waals surface area contributed by atoms with E-state index in [1.54, 1.807) is 25.2 Å². The number of hydrogen-bond donors (Lipinski definition) is 0. The fourth-order valence-electron chi connectivity index (χ4n) is 1.98. The van der Waals surface area contributed by atoms with Gasteiger partial charge in [-0.2, -0.15) is 0 Å². The van der Waals surface area contributed by atoms with Gasteiger partial charge in [0.1, 0.15) is 11.5 Å². The van der Waals surface area contributed by atoms with Crippen molar-refractivity contribution in [3.05, 3.63) is 39.0 Å². The number of Topliss-reactive ketones (excluding diaryl/α,β-unsaturated/α-hetero) is 1. The number of carbonyl (C=O) groups is 1. The van der Waals surface area contributed by atoms with Gasteiger partial charge in [0, 0.05) is 13.1 Å². The van der Waals surface area contributed by atoms with Crippen LogP contribution in [-0.2, 0) is 18.4 Å². The molecule has 0 amide bonds. The Hall–Kier alpha value is -2.37. The van der Waals surface area contributed by atoms with Gasteiger partial charge in [-0.25, -0.2) is 4.79 Å². The Labute approximate surface area is 108 Å². The van der Waals surface area contributed by atoms with E-state index < -0.39 is 11.2 Å². The fourth-order valence-corrected chi connectivity index (χ4v) is 1.98. The summed E-state index contributed by atoms with van der Waals surface area (Å²) in [6.45, 7) is 1.12. The lowest BCUT2D eigenvalue weighted by Crippen LogP contribution is -2.40. The quantitative estimate of drug-likeness (QED) is 0.797. The lowest BCUT2D eigenvalue weighted by molar-refractivity contribution is -0.117. The van der Waals surface area contributed by atoms with Crippen molar-refractivity contribution in [1.29, 1.82) is 0 Å². The Morgan fingerprint density at radius 2 is 2.00 bits per heavy atom. The molecule has 2 rings (SSSR count). The highest BCUT2D eigenvalue weighted by molar-refractivity contribution is 5.80. The van der Waals surface area contributed by atoms with E-state index in [1.165, 1.54) is 18.6 Å². The monoisotopic (exact) mass is 262 g/mol. The number of aryl methyl sites for hydroxylation is 1. The molecule has 0 bridgehead atoms. The zero-order valence-corrected chi connectivity index (χ0v) is 11.0. The highest BCUT2D eigenvalue weighted by Crippen LogP contribution is 2.16. The summed E-state index contributed by atoms with van der Waals surface area (Å²) < 4.78 is 7.35. The molecule has 1 heterocycles. The van der Waals surface area contributed by atoms with Crippen LogP contribution in [0.3, 0.4) is 0 Å². The molecule has 0 spiro atoms. The predicted octanol–water partition coefficient (Wildman–Crippen LogP) is 0.298. The molecule has 2 aromatic rings. The molecule has 0 N–H and O–H groups in total. The molecule has 1 aromatic carbocycles. The van der Waals surface area contributed by atoms with Gasteiger partial charge >= 0.3 is 5.69 Å². The van der Waals surface area contributed by atoms with Crippen LogP contribution >= 0.6 is 0 Å². The van der Waals surface area contributed by atoms with Crippen molar-refractivity contribution < 1.29 is 9.53 Å². The summed E-state index contributed by atoms with van der Waals surface area (Å²) in [4.78, 5) is 35.4. The average molecular weight is 262 g/mol. The van der Waals surface area contributed by atoms with Crippen molar-refractivity contribution in [3.8, 4) is 5.75 Å². The highest BCUT2D eigenvalue weighted by Gasteiger charge is 2.12. The minimum atomic E-state index is -0.513. The molecule has 100 valence electrons. The van der Waals surface area contributed by atoms with Gasteiger partial charge in [0.15, 0.2) is 0 Å². The fraction of sp³-hybridized carbons (Fsp3) is 0.308. The zero-order valence-electron chi connectivity index (χ0n) is 11.0. The molecule has 0 radical (unpaired) electrons. The summed E-state index contributed by atoms with van der Waals surface area (Å²) in [5.41, 5.74) is -0.494. The first-order valence-corrected chi connectivity index (χ1v) is 5.72. The summed E-state index contributed by atoms with van der Waals surface area (Å²) in [5, 5.41) is 0.379. The van der Waals surface area contributed by atoms with Gasteiger partial charge in [-0.1, -0.05) is 0 Å². The number of nitrogens with zero attached hydrogens (tertiary/aromatic N) is 2. The summed E-state index contributed by atoms with van der Waals surface area (Å²) in [7, 11) is 3.07. The summed E-state index contributed by atoms with van der Waals surface area (Å²) in [5.74, 6) is 0.318. The number of fused-ring (bicyclic) bond motifs is 1. The van der Waals surface area contributed by atoms with Crippen molar-refractivity contribution in [1.82, 2.24) is 9.13 Å². The van der Waals surface area contributed by atoms with Crippen LogP contribution < -0.4 is 16.0 Å². The maximum Gasteiger partial charge on any atom is 0.331 e. The molecule has 0 aliphatic rings. The third-order valence-corrected chi connectivity index (χ3v) is 2.94. The van der Waals surface area contributed by atoms with Gasteiger partial charge in [0.25, 0.3) is 5.56 Å². The zero-order chi connectivity index (χ0) is 14.2. The molecule has 0 saturated carbocycles. The molecular formula is C13H14N2O4. The van der Waals surface area contributed by atoms with Crippen molar-refractivity contribution in [2.24, 2.45) is 7.05 Å². The molecule has 19 heavy (non-hydrogen) atoms. The summed E-state index contributed by atoms with van der Waals surface area (Å²) >= 11 is 0. The Morgan fingerprint density at radius 3 is 2.58 bits per heavy atom. The summed E-state index contributed by atoms with van der Waals surface area (Å²) in [6.07, 6.45) is 0. The second-order valence-corrected chi connectivity index (χ2v) is 4.32. The first-order valence-electron chi connectivity index (χ1n) is 5.72. The smallest absolute Gasteiger partial charge is 0.331 e. The normalized spacial score (nSPS) is 10.7. The topological polar surface area (TPSA) is 70.3 Å². The Kier molecular flexibility index (Phi) is 3.25. The molecule has 0 fully saturated rings. The first kappa shape index (κ1) is 13.1. The lowest BCUT2D eigenvalue weighted by Gasteiger charge is -2.10. The Morgan fingerprint density at radius 1 is 1.32 bits per heavy atom. The molecule has 0 saturated heterocycles. The first-order chi connectivity index (χ1) is 8.95. The molecule has 1 aromatic heterocycles. The van der Waals surface area contributed by atoms with Crippen LogP contribution in [0.25, 0.3) is 10.9 Å². The van der Waals surface area contributed by atoms with E-state index in [2.05, 4.69) is 0 Å². The van der Waals surface area contributed by atoms with Gasteiger partial charge in [-0.15, -0.1) is 0 Å². The van der Waals surface area contributed by atoms with Gasteiger partial charge in [-0.05, 0) is 19.1 Å². The number of methoxy groups -OCH3 is 1. The molecule has 6 heteroatoms. The third kappa shape index (κ3) is 2.16. The Balaban J connectivity index is 2.87.